The third-order valence-electron chi connectivity index (χ3n) is 7.42. The number of amides is 1. The topological polar surface area (TPSA) is 124 Å². The Hall–Kier alpha value is -4.61. The predicted molar refractivity (Wildman–Crippen MR) is 167 cm³/mol. The van der Waals surface area contributed by atoms with Gasteiger partial charge in [-0.3, -0.25) is 14.2 Å². The maximum absolute atomic E-state index is 14.1. The summed E-state index contributed by atoms with van der Waals surface area (Å²) in [5.74, 6) is 0.543. The fraction of sp³-hybridized carbons (Fsp3) is 0.250. The summed E-state index contributed by atoms with van der Waals surface area (Å²) < 4.78 is 19.0. The molecule has 5 rings (SSSR count). The van der Waals surface area contributed by atoms with Gasteiger partial charge in [0.25, 0.3) is 11.5 Å². The van der Waals surface area contributed by atoms with E-state index < -0.39 is 12.0 Å². The van der Waals surface area contributed by atoms with E-state index in [4.69, 9.17) is 30.5 Å². The predicted octanol–water partition coefficient (Wildman–Crippen LogP) is 4.73. The number of hydrogen-bond donors (Lipinski definition) is 1. The lowest BCUT2D eigenvalue weighted by Gasteiger charge is -2.30. The summed E-state index contributed by atoms with van der Waals surface area (Å²) in [5, 5.41) is 9.35. The van der Waals surface area contributed by atoms with E-state index in [1.165, 1.54) is 35.1 Å². The van der Waals surface area contributed by atoms with Crippen LogP contribution in [0.1, 0.15) is 48.5 Å². The number of hydrogen-bond acceptors (Lipinski definition) is 8. The molecule has 1 aliphatic rings. The number of carboxylic acid groups (broad SMARTS) is 1. The van der Waals surface area contributed by atoms with Crippen molar-refractivity contribution < 1.29 is 28.6 Å². The third-order valence-corrected chi connectivity index (χ3v) is 8.71. The second-order valence-electron chi connectivity index (χ2n) is 9.87. The maximum Gasteiger partial charge on any atom is 0.337 e. The Morgan fingerprint density at radius 2 is 1.86 bits per heavy atom. The van der Waals surface area contributed by atoms with Crippen LogP contribution in [0, 0.1) is 0 Å². The zero-order valence-corrected chi connectivity index (χ0v) is 26.3. The molecule has 1 aliphatic heterocycles. The molecule has 4 aromatic rings. The molecule has 12 heteroatoms. The zero-order valence-electron chi connectivity index (χ0n) is 24.7. The quantitative estimate of drug-likeness (QED) is 0.282. The summed E-state index contributed by atoms with van der Waals surface area (Å²) in [4.78, 5) is 46.2. The van der Waals surface area contributed by atoms with Crippen LogP contribution >= 0.6 is 22.9 Å². The van der Waals surface area contributed by atoms with Gasteiger partial charge in [0, 0.05) is 30.3 Å². The van der Waals surface area contributed by atoms with Crippen LogP contribution in [0.15, 0.2) is 74.0 Å². The molecule has 2 aromatic carbocycles. The number of rotatable bonds is 9. The maximum atomic E-state index is 14.1. The Labute approximate surface area is 261 Å². The Kier molecular flexibility index (Phi) is 8.80. The van der Waals surface area contributed by atoms with Gasteiger partial charge in [0.05, 0.1) is 40.6 Å². The van der Waals surface area contributed by atoms with Gasteiger partial charge in [-0.2, -0.15) is 0 Å². The Morgan fingerprint density at radius 1 is 1.11 bits per heavy atom. The number of carboxylic acids is 1. The van der Waals surface area contributed by atoms with Gasteiger partial charge in [0.1, 0.15) is 29.1 Å². The Balaban J connectivity index is 1.66. The highest BCUT2D eigenvalue weighted by molar-refractivity contribution is 7.07. The molecule has 44 heavy (non-hydrogen) atoms. The van der Waals surface area contributed by atoms with Gasteiger partial charge >= 0.3 is 5.97 Å². The minimum Gasteiger partial charge on any atom is -0.497 e. The highest BCUT2D eigenvalue weighted by Gasteiger charge is 2.36. The molecule has 1 atom stereocenters. The molecular weight excluding hydrogens is 606 g/mol. The number of allylic oxidation sites excluding steroid dienone is 1. The van der Waals surface area contributed by atoms with Crippen molar-refractivity contribution in [1.82, 2.24) is 9.47 Å². The van der Waals surface area contributed by atoms with Crippen LogP contribution in [0.4, 0.5) is 0 Å². The van der Waals surface area contributed by atoms with Crippen LogP contribution in [0.2, 0.25) is 5.02 Å². The number of carbonyl (C=O) groups is 2. The normalized spacial score (nSPS) is 14.7. The number of aromatic nitrogens is 1. The molecule has 2 aromatic heterocycles. The van der Waals surface area contributed by atoms with Crippen molar-refractivity contribution in [1.29, 1.82) is 0 Å². The summed E-state index contributed by atoms with van der Waals surface area (Å²) in [5.41, 5.74) is 1.69. The van der Waals surface area contributed by atoms with E-state index in [-0.39, 0.29) is 22.1 Å². The minimum absolute atomic E-state index is 0.0142. The van der Waals surface area contributed by atoms with Crippen molar-refractivity contribution in [2.45, 2.75) is 26.8 Å². The molecule has 0 bridgehead atoms. The standard InChI is InChI=1S/C32H30ClN3O7S/c1-6-35(7-2)30(38)27-17(3)34-32-36(28(27)22-15-19(41-4)9-13-25(22)42-5)29(37)26(44-32)16-20-10-12-24(43-20)18-8-11-21(31(39)40)23(33)14-18/h8-16,28H,6-7H2,1-5H3,(H,39,40)/b26-16+/t28-/m0/s1. The number of carbonyl (C=O) groups excluding carboxylic acids is 1. The van der Waals surface area contributed by atoms with Crippen molar-refractivity contribution >= 4 is 40.9 Å². The molecule has 0 fully saturated rings. The van der Waals surface area contributed by atoms with Gasteiger partial charge in [-0.1, -0.05) is 29.0 Å². The summed E-state index contributed by atoms with van der Waals surface area (Å²) in [6.07, 6.45) is 1.62. The molecule has 0 unspecified atom stereocenters. The lowest BCUT2D eigenvalue weighted by atomic mass is 9.93. The SMILES string of the molecule is CCN(CC)C(=O)C1=C(C)N=c2s/c(=C/c3ccc(-c4ccc(C(=O)O)c(Cl)c4)o3)c(=O)n2[C@H]1c1cc(OC)ccc1OC. The van der Waals surface area contributed by atoms with E-state index in [9.17, 15) is 19.5 Å². The zero-order chi connectivity index (χ0) is 31.7. The number of furan rings is 1. The monoisotopic (exact) mass is 635 g/mol. The van der Waals surface area contributed by atoms with E-state index in [2.05, 4.69) is 0 Å². The van der Waals surface area contributed by atoms with E-state index in [0.29, 0.717) is 67.8 Å². The largest absolute Gasteiger partial charge is 0.497 e. The average Bonchev–Trinajstić information content (AvgIpc) is 3.60. The lowest BCUT2D eigenvalue weighted by molar-refractivity contribution is -0.127. The molecule has 0 radical (unpaired) electrons. The number of thiazole rings is 1. The second kappa shape index (κ2) is 12.6. The minimum atomic E-state index is -1.13. The highest BCUT2D eigenvalue weighted by Crippen LogP contribution is 2.38. The van der Waals surface area contributed by atoms with Crippen molar-refractivity contribution in [3.05, 3.63) is 101 Å². The second-order valence-corrected chi connectivity index (χ2v) is 11.3. The van der Waals surface area contributed by atoms with Crippen molar-refractivity contribution in [3.8, 4) is 22.8 Å². The van der Waals surface area contributed by atoms with Crippen molar-refractivity contribution in [2.24, 2.45) is 4.99 Å². The fourth-order valence-corrected chi connectivity index (χ4v) is 6.47. The third kappa shape index (κ3) is 5.56. The van der Waals surface area contributed by atoms with Crippen LogP contribution in [0.25, 0.3) is 17.4 Å². The van der Waals surface area contributed by atoms with E-state index in [1.807, 2.05) is 13.8 Å². The number of aromatic carboxylic acids is 1. The first-order chi connectivity index (χ1) is 21.1. The van der Waals surface area contributed by atoms with Gasteiger partial charge in [0.2, 0.25) is 0 Å². The van der Waals surface area contributed by atoms with E-state index >= 15 is 0 Å². The molecule has 3 heterocycles. The molecule has 228 valence electrons. The number of methoxy groups -OCH3 is 2. The van der Waals surface area contributed by atoms with Crippen LogP contribution in [-0.2, 0) is 4.79 Å². The number of benzene rings is 2. The molecule has 1 amide bonds. The molecular formula is C32H30ClN3O7S. The molecule has 0 spiro atoms. The van der Waals surface area contributed by atoms with Crippen LogP contribution in [-0.4, -0.2) is 53.8 Å². The van der Waals surface area contributed by atoms with Gasteiger partial charge in [0.15, 0.2) is 4.80 Å². The lowest BCUT2D eigenvalue weighted by Crippen LogP contribution is -2.43. The van der Waals surface area contributed by atoms with Crippen molar-refractivity contribution in [3.63, 3.8) is 0 Å². The van der Waals surface area contributed by atoms with Crippen LogP contribution < -0.4 is 24.4 Å². The first-order valence-corrected chi connectivity index (χ1v) is 15.0. The van der Waals surface area contributed by atoms with Crippen LogP contribution in [0.5, 0.6) is 11.5 Å². The first kappa shape index (κ1) is 30.8. The smallest absolute Gasteiger partial charge is 0.337 e. The number of fused-ring (bicyclic) bond motifs is 1. The molecule has 0 aliphatic carbocycles. The fourth-order valence-electron chi connectivity index (χ4n) is 5.18. The summed E-state index contributed by atoms with van der Waals surface area (Å²) in [6, 6.07) is 12.4. The van der Waals surface area contributed by atoms with Crippen LogP contribution in [0.3, 0.4) is 0 Å². The number of ether oxygens (including phenoxy) is 2. The molecule has 0 saturated heterocycles. The number of likely N-dealkylation sites (N-methyl/N-ethyl adjacent to an activating group) is 1. The number of nitrogens with zero attached hydrogens (tertiary/aromatic N) is 3. The van der Waals surface area contributed by atoms with Crippen molar-refractivity contribution in [2.75, 3.05) is 27.3 Å². The summed E-state index contributed by atoms with van der Waals surface area (Å²) >= 11 is 7.33. The average molecular weight is 636 g/mol. The van der Waals surface area contributed by atoms with Gasteiger partial charge in [-0.25, -0.2) is 9.79 Å². The van der Waals surface area contributed by atoms with Gasteiger partial charge in [-0.05, 0) is 63.2 Å². The Bertz CT molecular complexity index is 1980. The first-order valence-electron chi connectivity index (χ1n) is 13.8. The molecule has 10 nitrogen and oxygen atoms in total. The number of halogens is 1. The van der Waals surface area contributed by atoms with E-state index in [0.717, 1.165) is 0 Å². The van der Waals surface area contributed by atoms with E-state index in [1.54, 1.807) is 61.4 Å². The Morgan fingerprint density at radius 3 is 2.50 bits per heavy atom. The summed E-state index contributed by atoms with van der Waals surface area (Å²) in [7, 11) is 3.08. The highest BCUT2D eigenvalue weighted by atomic mass is 35.5. The molecule has 0 saturated carbocycles. The summed E-state index contributed by atoms with van der Waals surface area (Å²) in [6.45, 7) is 6.56. The van der Waals surface area contributed by atoms with Gasteiger partial charge in [-0.15, -0.1) is 0 Å². The van der Waals surface area contributed by atoms with Gasteiger partial charge < -0.3 is 23.9 Å². The molecule has 1 N–H and O–H groups in total.